The van der Waals surface area contributed by atoms with Gasteiger partial charge in [-0.3, -0.25) is 4.98 Å². The van der Waals surface area contributed by atoms with Gasteiger partial charge in [0.15, 0.2) is 0 Å². The van der Waals surface area contributed by atoms with Gasteiger partial charge in [-0.15, -0.1) is 11.3 Å². The minimum Gasteiger partial charge on any atom is -0.339 e. The SMILES string of the molecule is Cc1ccc(S(=O)(=O)N2CCc3c(ccnc3Nc3cnc4ccccc4c3)C2)s1. The predicted molar refractivity (Wildman–Crippen MR) is 120 cm³/mol. The van der Waals surface area contributed by atoms with Gasteiger partial charge in [-0.05, 0) is 49.2 Å². The number of fused-ring (bicyclic) bond motifs is 2. The van der Waals surface area contributed by atoms with Crippen molar-refractivity contribution >= 4 is 43.8 Å². The fourth-order valence-corrected chi connectivity index (χ4v) is 6.59. The normalized spacial score (nSPS) is 14.6. The fourth-order valence-electron chi connectivity index (χ4n) is 3.73. The van der Waals surface area contributed by atoms with Crippen molar-refractivity contribution in [3.05, 3.63) is 76.9 Å². The van der Waals surface area contributed by atoms with Crippen LogP contribution in [0.5, 0.6) is 0 Å². The number of hydrogen-bond donors (Lipinski definition) is 1. The summed E-state index contributed by atoms with van der Waals surface area (Å²) in [5, 5.41) is 4.42. The molecule has 1 N–H and O–H groups in total. The maximum atomic E-state index is 13.0. The number of para-hydroxylation sites is 1. The standard InChI is InChI=1S/C22H20N4O2S2/c1-15-6-7-21(29-15)30(27,28)26-11-9-19-17(14-26)8-10-23-22(19)25-18-12-16-4-2-3-5-20(16)24-13-18/h2-8,10,12-13H,9,11,14H2,1H3,(H,23,25). The van der Waals surface area contributed by atoms with E-state index in [-0.39, 0.29) is 0 Å². The molecule has 1 aromatic carbocycles. The highest BCUT2D eigenvalue weighted by Crippen LogP contribution is 2.32. The lowest BCUT2D eigenvalue weighted by Crippen LogP contribution is -2.36. The van der Waals surface area contributed by atoms with E-state index in [4.69, 9.17) is 0 Å². The van der Waals surface area contributed by atoms with Gasteiger partial charge in [-0.25, -0.2) is 13.4 Å². The summed E-state index contributed by atoms with van der Waals surface area (Å²) >= 11 is 1.31. The van der Waals surface area contributed by atoms with Crippen molar-refractivity contribution in [2.24, 2.45) is 0 Å². The van der Waals surface area contributed by atoms with E-state index in [0.29, 0.717) is 23.7 Å². The molecule has 4 aromatic rings. The van der Waals surface area contributed by atoms with Crippen LogP contribution in [0.4, 0.5) is 11.5 Å². The van der Waals surface area contributed by atoms with Crippen LogP contribution in [-0.2, 0) is 23.0 Å². The number of nitrogens with zero attached hydrogens (tertiary/aromatic N) is 3. The number of thiophene rings is 1. The first kappa shape index (κ1) is 19.2. The Labute approximate surface area is 179 Å². The zero-order valence-electron chi connectivity index (χ0n) is 16.4. The molecule has 8 heteroatoms. The summed E-state index contributed by atoms with van der Waals surface area (Å²) < 4.78 is 28.0. The van der Waals surface area contributed by atoms with Gasteiger partial charge in [0, 0.05) is 35.1 Å². The lowest BCUT2D eigenvalue weighted by atomic mass is 10.0. The van der Waals surface area contributed by atoms with E-state index in [1.165, 1.54) is 11.3 Å². The van der Waals surface area contributed by atoms with Crippen LogP contribution < -0.4 is 5.32 Å². The average molecular weight is 437 g/mol. The molecule has 0 saturated heterocycles. The third kappa shape index (κ3) is 3.47. The maximum Gasteiger partial charge on any atom is 0.252 e. The molecule has 1 aliphatic rings. The predicted octanol–water partition coefficient (Wildman–Crippen LogP) is 4.49. The van der Waals surface area contributed by atoms with E-state index < -0.39 is 10.0 Å². The monoisotopic (exact) mass is 436 g/mol. The zero-order valence-corrected chi connectivity index (χ0v) is 18.0. The number of nitrogens with one attached hydrogen (secondary N) is 1. The molecular formula is C22H20N4O2S2. The summed E-state index contributed by atoms with van der Waals surface area (Å²) in [4.78, 5) is 10.00. The Kier molecular flexibility index (Phi) is 4.77. The number of anilines is 2. The molecule has 0 atom stereocenters. The van der Waals surface area contributed by atoms with Gasteiger partial charge in [0.05, 0.1) is 17.4 Å². The molecule has 3 aromatic heterocycles. The van der Waals surface area contributed by atoms with Crippen molar-refractivity contribution in [2.45, 2.75) is 24.1 Å². The molecular weight excluding hydrogens is 416 g/mol. The second-order valence-corrected chi connectivity index (χ2v) is 10.7. The van der Waals surface area contributed by atoms with Crippen LogP contribution in [0.2, 0.25) is 0 Å². The topological polar surface area (TPSA) is 75.2 Å². The maximum absolute atomic E-state index is 13.0. The van der Waals surface area contributed by atoms with Crippen LogP contribution in [0.1, 0.15) is 16.0 Å². The molecule has 0 bridgehead atoms. The van der Waals surface area contributed by atoms with Crippen molar-refractivity contribution in [3.63, 3.8) is 0 Å². The lowest BCUT2D eigenvalue weighted by molar-refractivity contribution is 0.392. The Balaban J connectivity index is 1.42. The van der Waals surface area contributed by atoms with Crippen LogP contribution in [-0.4, -0.2) is 29.2 Å². The summed E-state index contributed by atoms with van der Waals surface area (Å²) in [6, 6.07) is 15.4. The number of aryl methyl sites for hydroxylation is 1. The molecule has 6 nitrogen and oxygen atoms in total. The highest BCUT2D eigenvalue weighted by molar-refractivity contribution is 7.91. The van der Waals surface area contributed by atoms with E-state index in [1.54, 1.807) is 22.8 Å². The van der Waals surface area contributed by atoms with E-state index in [9.17, 15) is 8.42 Å². The molecule has 152 valence electrons. The van der Waals surface area contributed by atoms with Crippen molar-refractivity contribution < 1.29 is 8.42 Å². The van der Waals surface area contributed by atoms with Gasteiger partial charge in [0.25, 0.3) is 10.0 Å². The first-order valence-corrected chi connectivity index (χ1v) is 11.9. The zero-order chi connectivity index (χ0) is 20.7. The number of aromatic nitrogens is 2. The highest BCUT2D eigenvalue weighted by atomic mass is 32.2. The van der Waals surface area contributed by atoms with Gasteiger partial charge < -0.3 is 5.32 Å². The van der Waals surface area contributed by atoms with Crippen LogP contribution >= 0.6 is 11.3 Å². The van der Waals surface area contributed by atoms with Crippen molar-refractivity contribution in [1.82, 2.24) is 14.3 Å². The molecule has 0 spiro atoms. The fraction of sp³-hybridized carbons (Fsp3) is 0.182. The first-order chi connectivity index (χ1) is 14.5. The third-order valence-electron chi connectivity index (χ3n) is 5.27. The highest BCUT2D eigenvalue weighted by Gasteiger charge is 2.30. The van der Waals surface area contributed by atoms with E-state index >= 15 is 0 Å². The number of rotatable bonds is 4. The van der Waals surface area contributed by atoms with Gasteiger partial charge in [0.2, 0.25) is 0 Å². The van der Waals surface area contributed by atoms with Crippen LogP contribution in [0.25, 0.3) is 10.9 Å². The Hall–Kier alpha value is -2.81. The smallest absolute Gasteiger partial charge is 0.252 e. The molecule has 0 aliphatic carbocycles. The molecule has 4 heterocycles. The number of sulfonamides is 1. The van der Waals surface area contributed by atoms with Gasteiger partial charge in [-0.2, -0.15) is 4.31 Å². The molecule has 1 aliphatic heterocycles. The molecule has 0 radical (unpaired) electrons. The van der Waals surface area contributed by atoms with Crippen molar-refractivity contribution in [3.8, 4) is 0 Å². The largest absolute Gasteiger partial charge is 0.339 e. The number of hydrogen-bond acceptors (Lipinski definition) is 6. The van der Waals surface area contributed by atoms with E-state index in [1.807, 2.05) is 49.4 Å². The average Bonchev–Trinajstić information content (AvgIpc) is 3.21. The summed E-state index contributed by atoms with van der Waals surface area (Å²) in [6.07, 6.45) is 4.12. The Morgan fingerprint density at radius 1 is 1.10 bits per heavy atom. The Morgan fingerprint density at radius 2 is 1.97 bits per heavy atom. The molecule has 0 amide bonds. The summed E-state index contributed by atoms with van der Waals surface area (Å²) in [7, 11) is -3.48. The van der Waals surface area contributed by atoms with Crippen molar-refractivity contribution in [1.29, 1.82) is 0 Å². The molecule has 5 rings (SSSR count). The lowest BCUT2D eigenvalue weighted by Gasteiger charge is -2.28. The van der Waals surface area contributed by atoms with E-state index in [0.717, 1.165) is 38.4 Å². The quantitative estimate of drug-likeness (QED) is 0.510. The molecule has 0 unspecified atom stereocenters. The minimum atomic E-state index is -3.48. The Bertz CT molecular complexity index is 1350. The number of pyridine rings is 2. The second-order valence-electron chi connectivity index (χ2n) is 7.29. The van der Waals surface area contributed by atoms with Gasteiger partial charge >= 0.3 is 0 Å². The Morgan fingerprint density at radius 3 is 2.80 bits per heavy atom. The molecule has 0 fully saturated rings. The summed E-state index contributed by atoms with van der Waals surface area (Å²) in [6.45, 7) is 2.70. The third-order valence-corrected chi connectivity index (χ3v) is 8.59. The minimum absolute atomic E-state index is 0.349. The van der Waals surface area contributed by atoms with Crippen LogP contribution in [0, 0.1) is 6.92 Å². The van der Waals surface area contributed by atoms with Gasteiger partial charge in [0.1, 0.15) is 10.0 Å². The van der Waals surface area contributed by atoms with Crippen LogP contribution in [0.3, 0.4) is 0 Å². The van der Waals surface area contributed by atoms with E-state index in [2.05, 4.69) is 15.3 Å². The molecule has 0 saturated carbocycles. The first-order valence-electron chi connectivity index (χ1n) is 9.66. The number of benzene rings is 1. The van der Waals surface area contributed by atoms with Crippen molar-refractivity contribution in [2.75, 3.05) is 11.9 Å². The molecule has 30 heavy (non-hydrogen) atoms. The van der Waals surface area contributed by atoms with Gasteiger partial charge in [-0.1, -0.05) is 18.2 Å². The summed E-state index contributed by atoms with van der Waals surface area (Å²) in [5.41, 5.74) is 3.83. The summed E-state index contributed by atoms with van der Waals surface area (Å²) in [5.74, 6) is 0.758. The second kappa shape index (κ2) is 7.46. The van der Waals surface area contributed by atoms with Crippen LogP contribution in [0.15, 0.2) is 65.1 Å².